The highest BCUT2D eigenvalue weighted by Crippen LogP contribution is 2.42. The predicted octanol–water partition coefficient (Wildman–Crippen LogP) is 16.7. The molecule has 12 aromatic heterocycles. The van der Waals surface area contributed by atoms with Gasteiger partial charge in [0.1, 0.15) is 104 Å². The average molecular weight is 1870 g/mol. The summed E-state index contributed by atoms with van der Waals surface area (Å²) in [6.07, 6.45) is 17.5. The molecular weight excluding hydrogens is 1790 g/mol. The standard InChI is InChI=1S/C16H16ClN5O.3C15H14ClN5O.C14H12ClN5O.C13H10ClN5O/c1-8-9(2)21-22(3)16(8)15-14(19-7-13(18)20-15)10-4-5-12(23)11(17)6-10;1-8-10(6-19-21(8)2)15-14(18-7-13(17)20-15)9-3-4-12(22)11(16)5-9;1-8-5-11(21(2)20-8)15-14(18-7-13(17)19-15)9-3-4-12(22)10(16)6-9;1-7-13(8(2)21-20-7)15-14(18-6-12(17)19-15)9-3-4-11(22)10(16)5-9;1-20-7-9(5-18-20)14-13(17-6-12(16)19-14)8-2-3-11(21)10(15)4-8;14-9-3-7(1-2-10(9)20)12-13(8-4-17-18-5-8)19-11(15)6-16-12/h4-7,23H,1-3H3,(H2,18,20);3-7,22H,1-2H3,(H2,17,20);3-7,22H,1-2H3,(H2,17,19);3-6,22H,1-2H3,(H2,17,19)(H,20,21);2-7,21H,1H3,(H2,16,19);1-6,20H,(H2,15,19)(H,17,18). The number of halogens is 6. The molecule has 0 unspecified atom stereocenters. The Bertz CT molecular complexity index is 7120. The quantitative estimate of drug-likeness (QED) is 0.0540. The Kier molecular flexibility index (Phi) is 28.0. The fraction of sp³-hybridized carbons (Fsp3) is 0.114. The van der Waals surface area contributed by atoms with Crippen LogP contribution >= 0.6 is 69.6 Å². The zero-order valence-corrected chi connectivity index (χ0v) is 75.1. The molecule has 0 radical (unpaired) electrons. The number of nitrogens with one attached hydrogen (secondary N) is 2. The maximum Gasteiger partial charge on any atom is 0.142 e. The molecule has 6 aromatic carbocycles. The van der Waals surface area contributed by atoms with Crippen LogP contribution in [0.15, 0.2) is 183 Å². The molecule has 0 saturated heterocycles. The van der Waals surface area contributed by atoms with Crippen LogP contribution in [-0.4, -0.2) is 150 Å². The lowest BCUT2D eigenvalue weighted by Gasteiger charge is -2.11. The van der Waals surface area contributed by atoms with Gasteiger partial charge in [0.25, 0.3) is 0 Å². The number of nitrogen functional groups attached to an aromatic ring is 6. The maximum absolute atomic E-state index is 9.61. The molecule has 0 aliphatic rings. The summed E-state index contributed by atoms with van der Waals surface area (Å²) in [4.78, 5) is 52.5. The number of nitrogens with two attached hydrogens (primary N) is 6. The highest BCUT2D eigenvalue weighted by molar-refractivity contribution is 6.34. The van der Waals surface area contributed by atoms with E-state index in [1.165, 1.54) is 73.6 Å². The number of hydrogen-bond donors (Lipinski definition) is 14. The Balaban J connectivity index is 0.000000133. The molecule has 0 atom stereocenters. The Morgan fingerprint density at radius 2 is 0.685 bits per heavy atom. The number of aromatic amines is 2. The Hall–Kier alpha value is -15.6. The summed E-state index contributed by atoms with van der Waals surface area (Å²) in [6.45, 7) is 11.6. The van der Waals surface area contributed by atoms with Crippen molar-refractivity contribution in [1.29, 1.82) is 0 Å². The van der Waals surface area contributed by atoms with Crippen LogP contribution in [0.4, 0.5) is 34.9 Å². The largest absolute Gasteiger partial charge is 0.506 e. The van der Waals surface area contributed by atoms with Gasteiger partial charge in [0.2, 0.25) is 0 Å². The van der Waals surface area contributed by atoms with Crippen molar-refractivity contribution in [3.63, 3.8) is 0 Å². The van der Waals surface area contributed by atoms with Crippen molar-refractivity contribution < 1.29 is 30.6 Å². The Morgan fingerprint density at radius 3 is 1.01 bits per heavy atom. The zero-order valence-electron chi connectivity index (χ0n) is 70.6. The minimum atomic E-state index is 0.0173. The second kappa shape index (κ2) is 39.5. The van der Waals surface area contributed by atoms with E-state index in [0.29, 0.717) is 103 Å². The van der Waals surface area contributed by atoms with Gasteiger partial charge in [0, 0.05) is 108 Å². The number of nitrogens with zero attached hydrogens (tertiary/aromatic N) is 22. The van der Waals surface area contributed by atoms with Gasteiger partial charge in [-0.3, -0.25) is 58.8 Å². The number of hydrogen-bond acceptors (Lipinski definition) is 30. The zero-order chi connectivity index (χ0) is 93.4. The van der Waals surface area contributed by atoms with E-state index in [1.807, 2.05) is 82.0 Å². The van der Waals surface area contributed by atoms with Gasteiger partial charge in [0.15, 0.2) is 0 Å². The molecule has 0 saturated carbocycles. The first-order chi connectivity index (χ1) is 62.0. The second-order valence-corrected chi connectivity index (χ2v) is 31.3. The Morgan fingerprint density at radius 1 is 0.331 bits per heavy atom. The molecular formula is C88H80Cl6N30O6. The highest BCUT2D eigenvalue weighted by atomic mass is 35.5. The van der Waals surface area contributed by atoms with Gasteiger partial charge < -0.3 is 65.0 Å². The number of aromatic nitrogens is 24. The van der Waals surface area contributed by atoms with E-state index in [4.69, 9.17) is 104 Å². The number of H-pyrrole nitrogens is 2. The minimum Gasteiger partial charge on any atom is -0.506 e. The first-order valence-corrected chi connectivity index (χ1v) is 40.9. The average Bonchev–Trinajstić information content (AvgIpc) is 1.59. The van der Waals surface area contributed by atoms with E-state index < -0.39 is 0 Å². The lowest BCUT2D eigenvalue weighted by atomic mass is 10.0. The van der Waals surface area contributed by atoms with Crippen LogP contribution in [0.5, 0.6) is 34.5 Å². The predicted molar refractivity (Wildman–Crippen MR) is 504 cm³/mol. The SMILES string of the molecule is Cc1c(-c2nc(N)cnc2-c2ccc(O)c(Cl)c2)cnn1C.Cc1cc(-c2nc(N)cnc2-c2ccc(O)c(Cl)c2)n(C)n1.Cc1n[nH]c(C)c1-c1nc(N)cnc1-c1ccc(O)c(Cl)c1.Cc1nn(C)c(-c2nc(N)cnc2-c2ccc(O)c(Cl)c2)c1C.Cn1cc(-c2nc(N)cnc2-c2ccc(O)c(Cl)c2)cn1.Nc1cnc(-c2ccc(O)c(Cl)c2)c(-c2cn[nH]c2)n1. The monoisotopic (exact) mass is 1860 g/mol. The van der Waals surface area contributed by atoms with Crippen LogP contribution in [0.2, 0.25) is 30.1 Å². The third-order valence-corrected chi connectivity index (χ3v) is 21.5. The fourth-order valence-corrected chi connectivity index (χ4v) is 14.3. The smallest absolute Gasteiger partial charge is 0.142 e. The van der Waals surface area contributed by atoms with Gasteiger partial charge in [-0.25, -0.2) is 29.9 Å². The lowest BCUT2D eigenvalue weighted by molar-refractivity contribution is 0.475. The van der Waals surface area contributed by atoms with Gasteiger partial charge in [-0.15, -0.1) is 0 Å². The molecule has 20 N–H and O–H groups in total. The van der Waals surface area contributed by atoms with E-state index in [1.54, 1.807) is 116 Å². The molecule has 36 nitrogen and oxygen atoms in total. The molecule has 660 valence electrons. The van der Waals surface area contributed by atoms with Crippen LogP contribution < -0.4 is 34.4 Å². The molecule has 0 spiro atoms. The number of rotatable bonds is 12. The van der Waals surface area contributed by atoms with E-state index in [9.17, 15) is 30.6 Å². The van der Waals surface area contributed by atoms with Gasteiger partial charge in [0.05, 0.1) is 149 Å². The van der Waals surface area contributed by atoms with E-state index >= 15 is 0 Å². The molecule has 0 aliphatic heterocycles. The summed E-state index contributed by atoms with van der Waals surface area (Å²) in [5.41, 5.74) is 56.9. The van der Waals surface area contributed by atoms with Crippen molar-refractivity contribution in [2.24, 2.45) is 28.2 Å². The van der Waals surface area contributed by atoms with Crippen LogP contribution in [0, 0.1) is 41.5 Å². The minimum absolute atomic E-state index is 0.0173. The molecule has 18 aromatic rings. The summed E-state index contributed by atoms with van der Waals surface area (Å²) in [5.74, 6) is 2.05. The second-order valence-electron chi connectivity index (χ2n) is 28.9. The number of aromatic hydroxyl groups is 6. The maximum atomic E-state index is 9.61. The number of anilines is 6. The highest BCUT2D eigenvalue weighted by Gasteiger charge is 2.25. The number of benzene rings is 6. The molecule has 18 rings (SSSR count). The number of phenols is 6. The molecule has 0 fully saturated rings. The van der Waals surface area contributed by atoms with Crippen molar-refractivity contribution in [2.75, 3.05) is 34.4 Å². The number of phenolic OH excluding ortho intramolecular Hbond substituents is 6. The summed E-state index contributed by atoms with van der Waals surface area (Å²) in [6, 6.07) is 31.2. The first kappa shape index (κ1) is 92.1. The molecule has 0 bridgehead atoms. The van der Waals surface area contributed by atoms with Crippen molar-refractivity contribution in [2.45, 2.75) is 41.5 Å². The summed E-state index contributed by atoms with van der Waals surface area (Å²) < 4.78 is 6.92. The number of aryl methyl sites for hydroxylation is 8. The first-order valence-electron chi connectivity index (χ1n) is 38.7. The van der Waals surface area contributed by atoms with E-state index in [0.717, 1.165) is 101 Å². The van der Waals surface area contributed by atoms with Gasteiger partial charge >= 0.3 is 0 Å². The summed E-state index contributed by atoms with van der Waals surface area (Å²) in [5, 5.41) is 89.7. The third-order valence-electron chi connectivity index (χ3n) is 19.7. The van der Waals surface area contributed by atoms with Crippen LogP contribution in [0.1, 0.15) is 34.0 Å². The Labute approximate surface area is 771 Å². The van der Waals surface area contributed by atoms with Crippen molar-refractivity contribution in [3.8, 4) is 170 Å². The fourth-order valence-electron chi connectivity index (χ4n) is 13.2. The molecule has 0 amide bonds. The van der Waals surface area contributed by atoms with Crippen molar-refractivity contribution in [3.05, 3.63) is 248 Å². The van der Waals surface area contributed by atoms with E-state index in [2.05, 4.69) is 101 Å². The van der Waals surface area contributed by atoms with Crippen molar-refractivity contribution in [1.82, 2.24) is 119 Å². The molecule has 130 heavy (non-hydrogen) atoms. The van der Waals surface area contributed by atoms with Crippen LogP contribution in [-0.2, 0) is 28.2 Å². The molecule has 0 aliphatic carbocycles. The van der Waals surface area contributed by atoms with E-state index in [-0.39, 0.29) is 64.6 Å². The van der Waals surface area contributed by atoms with Gasteiger partial charge in [-0.05, 0) is 162 Å². The van der Waals surface area contributed by atoms with Crippen LogP contribution in [0.3, 0.4) is 0 Å². The van der Waals surface area contributed by atoms with Gasteiger partial charge in [-0.2, -0.15) is 30.6 Å². The molecule has 12 heterocycles. The summed E-state index contributed by atoms with van der Waals surface area (Å²) >= 11 is 35.9. The van der Waals surface area contributed by atoms with Crippen molar-refractivity contribution >= 4 is 105 Å². The normalized spacial score (nSPS) is 10.8. The van der Waals surface area contributed by atoms with Crippen LogP contribution in [0.25, 0.3) is 135 Å². The molecule has 42 heteroatoms. The topological polar surface area (TPSA) is 561 Å². The third kappa shape index (κ3) is 20.9. The van der Waals surface area contributed by atoms with Gasteiger partial charge in [-0.1, -0.05) is 69.6 Å². The lowest BCUT2D eigenvalue weighted by Crippen LogP contribution is -2.03. The summed E-state index contributed by atoms with van der Waals surface area (Å²) in [7, 11) is 7.37.